The van der Waals surface area contributed by atoms with Gasteiger partial charge in [0.25, 0.3) is 0 Å². The third-order valence-corrected chi connectivity index (χ3v) is 8.31. The molecular weight excluding hydrogens is 459 g/mol. The van der Waals surface area contributed by atoms with Crippen molar-refractivity contribution in [1.82, 2.24) is 9.88 Å². The number of halogens is 3. The lowest BCUT2D eigenvalue weighted by atomic mass is 9.63. The fraction of sp³-hybridized carbons (Fsp3) is 0.654. The quantitative estimate of drug-likeness (QED) is 0.494. The number of amides is 1. The zero-order valence-corrected chi connectivity index (χ0v) is 20.0. The number of nitrogens with one attached hydrogen (secondary N) is 2. The van der Waals surface area contributed by atoms with Gasteiger partial charge in [-0.15, -0.1) is 0 Å². The van der Waals surface area contributed by atoms with Crippen molar-refractivity contribution in [2.24, 2.45) is 29.1 Å². The molecule has 9 heteroatoms. The number of likely N-dealkylation sites (tertiary alicyclic amines) is 1. The second-order valence-corrected chi connectivity index (χ2v) is 11.2. The lowest BCUT2D eigenvalue weighted by molar-refractivity contribution is -0.144. The van der Waals surface area contributed by atoms with Crippen LogP contribution in [0, 0.1) is 29.1 Å². The molecule has 2 saturated carbocycles. The molecule has 3 N–H and O–H groups in total. The Morgan fingerprint density at radius 2 is 1.94 bits per heavy atom. The van der Waals surface area contributed by atoms with Crippen molar-refractivity contribution in [2.75, 3.05) is 38.2 Å². The molecule has 2 heterocycles. The van der Waals surface area contributed by atoms with Gasteiger partial charge in [0.1, 0.15) is 5.75 Å². The number of ether oxygens (including phenoxy) is 1. The maximum Gasteiger partial charge on any atom is 0.401 e. The maximum atomic E-state index is 12.8. The molecule has 0 spiro atoms. The maximum absolute atomic E-state index is 12.8. The number of carbonyl (C=O) groups excluding carboxylic acids is 1. The minimum absolute atomic E-state index is 0.0324. The lowest BCUT2D eigenvalue weighted by Crippen LogP contribution is -2.45. The van der Waals surface area contributed by atoms with E-state index in [0.717, 1.165) is 41.6 Å². The summed E-state index contributed by atoms with van der Waals surface area (Å²) in [6, 6.07) is 5.77. The van der Waals surface area contributed by atoms with Gasteiger partial charge >= 0.3 is 6.18 Å². The van der Waals surface area contributed by atoms with E-state index in [1.165, 1.54) is 0 Å². The molecule has 1 aromatic carbocycles. The van der Waals surface area contributed by atoms with Crippen LogP contribution >= 0.6 is 0 Å². The molecule has 0 bridgehead atoms. The first kappa shape index (κ1) is 24.4. The summed E-state index contributed by atoms with van der Waals surface area (Å²) in [5, 5.41) is 13.2. The second kappa shape index (κ2) is 9.32. The zero-order valence-electron chi connectivity index (χ0n) is 20.0. The van der Waals surface area contributed by atoms with E-state index in [2.05, 4.69) is 10.3 Å². The molecule has 3 fully saturated rings. The van der Waals surface area contributed by atoms with Crippen molar-refractivity contribution in [3.8, 4) is 5.75 Å². The fourth-order valence-electron chi connectivity index (χ4n) is 6.58. The third kappa shape index (κ3) is 5.31. The number of alkyl halides is 3. The van der Waals surface area contributed by atoms with Crippen molar-refractivity contribution in [3.63, 3.8) is 0 Å². The lowest BCUT2D eigenvalue weighted by Gasteiger charge is -2.42. The molecule has 5 rings (SSSR count). The highest BCUT2D eigenvalue weighted by atomic mass is 19.4. The van der Waals surface area contributed by atoms with Crippen LogP contribution in [0.4, 0.5) is 18.9 Å². The highest BCUT2D eigenvalue weighted by molar-refractivity contribution is 6.04. The van der Waals surface area contributed by atoms with Gasteiger partial charge in [-0.2, -0.15) is 13.2 Å². The average molecular weight is 494 g/mol. The normalized spacial score (nSPS) is 30.9. The molecule has 1 amide bonds. The topological polar surface area (TPSA) is 77.6 Å². The Labute approximate surface area is 203 Å². The van der Waals surface area contributed by atoms with Crippen LogP contribution in [0.5, 0.6) is 5.75 Å². The van der Waals surface area contributed by atoms with Crippen molar-refractivity contribution < 1.29 is 27.8 Å². The summed E-state index contributed by atoms with van der Waals surface area (Å²) >= 11 is 0. The third-order valence-electron chi connectivity index (χ3n) is 8.31. The summed E-state index contributed by atoms with van der Waals surface area (Å²) < 4.78 is 44.0. The van der Waals surface area contributed by atoms with Crippen molar-refractivity contribution >= 4 is 22.5 Å². The van der Waals surface area contributed by atoms with Crippen LogP contribution in [0.15, 0.2) is 24.4 Å². The fourth-order valence-corrected chi connectivity index (χ4v) is 6.58. The first-order valence-electron chi connectivity index (χ1n) is 12.6. The predicted molar refractivity (Wildman–Crippen MR) is 127 cm³/mol. The van der Waals surface area contributed by atoms with E-state index in [9.17, 15) is 23.1 Å². The number of aliphatic hydroxyl groups excluding tert-OH is 1. The number of benzene rings is 1. The molecule has 35 heavy (non-hydrogen) atoms. The van der Waals surface area contributed by atoms with E-state index in [1.807, 2.05) is 25.1 Å². The van der Waals surface area contributed by atoms with Gasteiger partial charge in [-0.05, 0) is 74.0 Å². The molecule has 2 aromatic rings. The van der Waals surface area contributed by atoms with E-state index < -0.39 is 18.1 Å². The van der Waals surface area contributed by atoms with Crippen LogP contribution in [-0.4, -0.2) is 59.9 Å². The molecule has 1 saturated heterocycles. The number of fused-ring (bicyclic) bond motifs is 2. The molecule has 2 aliphatic carbocycles. The number of hydrogen-bond acceptors (Lipinski definition) is 4. The Bertz CT molecular complexity index is 1050. The molecule has 192 valence electrons. The molecule has 3 atom stereocenters. The molecule has 3 aliphatic rings. The van der Waals surface area contributed by atoms with Crippen molar-refractivity contribution in [2.45, 2.75) is 45.2 Å². The van der Waals surface area contributed by atoms with Crippen LogP contribution in [0.25, 0.3) is 10.9 Å². The highest BCUT2D eigenvalue weighted by Crippen LogP contribution is 2.46. The van der Waals surface area contributed by atoms with Gasteiger partial charge in [-0.1, -0.05) is 6.92 Å². The standard InChI is InChI=1S/C26H34F3N3O3/c1-25(9-17(10-25)14-33)24(34)31-23-11-30-22-3-2-20(8-21(22)23)35-5-4-16-6-18-12-32(13-19(18)7-16)15-26(27,28)29/h2-3,8,11,16-19,30,33H,4-7,9-10,12-15H2,1H3,(H,31,34)/t16?,17?,18-,19+,25?. The second-order valence-electron chi connectivity index (χ2n) is 11.2. The molecule has 1 unspecified atom stereocenters. The van der Waals surface area contributed by atoms with Crippen LogP contribution in [0.1, 0.15) is 39.0 Å². The first-order chi connectivity index (χ1) is 16.6. The van der Waals surface area contributed by atoms with E-state index >= 15 is 0 Å². The molecule has 1 aliphatic heterocycles. The Balaban J connectivity index is 1.11. The minimum atomic E-state index is -4.12. The number of nitrogens with zero attached hydrogens (tertiary/aromatic N) is 1. The highest BCUT2D eigenvalue weighted by Gasteiger charge is 2.46. The Kier molecular flexibility index (Phi) is 6.50. The summed E-state index contributed by atoms with van der Waals surface area (Å²) in [5.41, 5.74) is 1.18. The number of hydrogen-bond donors (Lipinski definition) is 3. The van der Waals surface area contributed by atoms with E-state index in [0.29, 0.717) is 50.3 Å². The number of anilines is 1. The minimum Gasteiger partial charge on any atom is -0.494 e. The van der Waals surface area contributed by atoms with Gasteiger partial charge in [0.15, 0.2) is 0 Å². The van der Waals surface area contributed by atoms with Crippen LogP contribution < -0.4 is 10.1 Å². The molecule has 0 radical (unpaired) electrons. The van der Waals surface area contributed by atoms with Crippen molar-refractivity contribution in [1.29, 1.82) is 0 Å². The molecule has 6 nitrogen and oxygen atoms in total. The number of aromatic nitrogens is 1. The van der Waals surface area contributed by atoms with Crippen LogP contribution in [0.3, 0.4) is 0 Å². The van der Waals surface area contributed by atoms with E-state index in [1.54, 1.807) is 11.1 Å². The number of carbonyl (C=O) groups is 1. The summed E-state index contributed by atoms with van der Waals surface area (Å²) in [6.07, 6.45) is 1.90. The Morgan fingerprint density at radius 1 is 1.23 bits per heavy atom. The largest absolute Gasteiger partial charge is 0.494 e. The van der Waals surface area contributed by atoms with Gasteiger partial charge < -0.3 is 20.1 Å². The van der Waals surface area contributed by atoms with Gasteiger partial charge in [-0.3, -0.25) is 9.69 Å². The smallest absolute Gasteiger partial charge is 0.401 e. The number of rotatable bonds is 8. The number of aromatic amines is 1. The number of aliphatic hydroxyl groups is 1. The van der Waals surface area contributed by atoms with E-state index in [-0.39, 0.29) is 18.4 Å². The summed E-state index contributed by atoms with van der Waals surface area (Å²) in [5.74, 6) is 2.14. The van der Waals surface area contributed by atoms with Gasteiger partial charge in [0.2, 0.25) is 5.91 Å². The zero-order chi connectivity index (χ0) is 24.8. The first-order valence-corrected chi connectivity index (χ1v) is 12.6. The van der Waals surface area contributed by atoms with Crippen LogP contribution in [0.2, 0.25) is 0 Å². The predicted octanol–water partition coefficient (Wildman–Crippen LogP) is 4.80. The average Bonchev–Trinajstić information content (AvgIpc) is 3.43. The Morgan fingerprint density at radius 3 is 2.60 bits per heavy atom. The Hall–Kier alpha value is -2.26. The molecule has 1 aromatic heterocycles. The summed E-state index contributed by atoms with van der Waals surface area (Å²) in [4.78, 5) is 17.5. The monoisotopic (exact) mass is 493 g/mol. The van der Waals surface area contributed by atoms with Gasteiger partial charge in [0, 0.05) is 42.2 Å². The van der Waals surface area contributed by atoms with Gasteiger partial charge in [0.05, 0.1) is 18.8 Å². The van der Waals surface area contributed by atoms with Crippen molar-refractivity contribution in [3.05, 3.63) is 24.4 Å². The molecular formula is C26H34F3N3O3. The SMILES string of the molecule is CC1(C(=O)Nc2c[nH]c3ccc(OCCC4C[C@@H]5CN(CC(F)(F)F)C[C@@H]5C4)cc23)CC(CO)C1. The van der Waals surface area contributed by atoms with E-state index in [4.69, 9.17) is 4.74 Å². The number of H-pyrrole nitrogens is 1. The van der Waals surface area contributed by atoms with Crippen LogP contribution in [-0.2, 0) is 4.79 Å². The summed E-state index contributed by atoms with van der Waals surface area (Å²) in [7, 11) is 0. The summed E-state index contributed by atoms with van der Waals surface area (Å²) in [6.45, 7) is 2.94. The van der Waals surface area contributed by atoms with Gasteiger partial charge in [-0.25, -0.2) is 0 Å².